The largest absolute Gasteiger partial charge is 0.494 e. The van der Waals surface area contributed by atoms with Gasteiger partial charge in [0.05, 0.1) is 6.61 Å². The summed E-state index contributed by atoms with van der Waals surface area (Å²) in [4.78, 5) is 0. The summed E-state index contributed by atoms with van der Waals surface area (Å²) in [5.41, 5.74) is 0.893. The number of ether oxygens (including phenoxy) is 1. The summed E-state index contributed by atoms with van der Waals surface area (Å²) in [6.45, 7) is 6.35. The summed E-state index contributed by atoms with van der Waals surface area (Å²) in [6.07, 6.45) is 0.722. The van der Waals surface area contributed by atoms with Gasteiger partial charge < -0.3 is 4.74 Å². The topological polar surface area (TPSA) is 9.23 Å². The van der Waals surface area contributed by atoms with E-state index in [0.717, 1.165) is 17.7 Å². The lowest BCUT2D eigenvalue weighted by Gasteiger charge is -2.14. The first-order valence-corrected chi connectivity index (χ1v) is 5.50. The lowest BCUT2D eigenvalue weighted by molar-refractivity contribution is 0.334. The zero-order valence-corrected chi connectivity index (χ0v) is 10.0. The number of halogens is 1. The van der Waals surface area contributed by atoms with Crippen molar-refractivity contribution >= 4 is 0 Å². The molecule has 16 heavy (non-hydrogen) atoms. The van der Waals surface area contributed by atoms with E-state index in [1.54, 1.807) is 6.07 Å². The molecule has 0 N–H and O–H groups in total. The van der Waals surface area contributed by atoms with Gasteiger partial charge in [-0.2, -0.15) is 0 Å². The van der Waals surface area contributed by atoms with E-state index in [0.29, 0.717) is 6.61 Å². The molecule has 0 bridgehead atoms. The predicted octanol–water partition coefficient (Wildman–Crippen LogP) is 3.74. The molecular weight excluding hydrogens is 203 g/mol. The Kier molecular flexibility index (Phi) is 4.85. The van der Waals surface area contributed by atoms with Gasteiger partial charge in [0.25, 0.3) is 0 Å². The SMILES string of the molecule is CC#CCC(C)c1cc(F)ccc1OCC. The van der Waals surface area contributed by atoms with Crippen LogP contribution < -0.4 is 4.74 Å². The fourth-order valence-electron chi connectivity index (χ4n) is 1.56. The Bertz CT molecular complexity index is 401. The van der Waals surface area contributed by atoms with Crippen LogP contribution in [-0.4, -0.2) is 6.61 Å². The standard InChI is InChI=1S/C14H17FO/c1-4-6-7-11(3)13-10-12(15)8-9-14(13)16-5-2/h8-11H,5,7H2,1-3H3. The molecular formula is C14H17FO. The first-order chi connectivity index (χ1) is 7.69. The molecule has 0 spiro atoms. The zero-order chi connectivity index (χ0) is 12.0. The Morgan fingerprint density at radius 2 is 2.19 bits per heavy atom. The Labute approximate surface area is 96.6 Å². The molecule has 0 amide bonds. The average Bonchev–Trinajstić information content (AvgIpc) is 2.28. The van der Waals surface area contributed by atoms with Gasteiger partial charge in [-0.05, 0) is 38.0 Å². The molecule has 0 aromatic heterocycles. The first kappa shape index (κ1) is 12.6. The van der Waals surface area contributed by atoms with E-state index in [9.17, 15) is 4.39 Å². The molecule has 0 saturated carbocycles. The van der Waals surface area contributed by atoms with Crippen molar-refractivity contribution in [1.82, 2.24) is 0 Å². The Morgan fingerprint density at radius 1 is 1.44 bits per heavy atom. The second-order valence-corrected chi connectivity index (χ2v) is 3.65. The van der Waals surface area contributed by atoms with Crippen molar-refractivity contribution in [2.75, 3.05) is 6.61 Å². The van der Waals surface area contributed by atoms with Crippen LogP contribution in [0, 0.1) is 17.7 Å². The van der Waals surface area contributed by atoms with Gasteiger partial charge in [-0.15, -0.1) is 11.8 Å². The average molecular weight is 220 g/mol. The normalized spacial score (nSPS) is 11.5. The summed E-state index contributed by atoms with van der Waals surface area (Å²) < 4.78 is 18.7. The van der Waals surface area contributed by atoms with Gasteiger partial charge in [0.15, 0.2) is 0 Å². The third kappa shape index (κ3) is 3.27. The van der Waals surface area contributed by atoms with Crippen molar-refractivity contribution in [3.05, 3.63) is 29.6 Å². The maximum atomic E-state index is 13.2. The van der Waals surface area contributed by atoms with Crippen LogP contribution in [-0.2, 0) is 0 Å². The molecule has 1 atom stereocenters. The molecule has 1 nitrogen and oxygen atoms in total. The van der Waals surface area contributed by atoms with Gasteiger partial charge in [0.1, 0.15) is 11.6 Å². The van der Waals surface area contributed by atoms with E-state index in [4.69, 9.17) is 4.74 Å². The molecule has 0 aliphatic rings. The summed E-state index contributed by atoms with van der Waals surface area (Å²) in [5, 5.41) is 0. The van der Waals surface area contributed by atoms with E-state index >= 15 is 0 Å². The molecule has 0 fully saturated rings. The maximum Gasteiger partial charge on any atom is 0.123 e. The summed E-state index contributed by atoms with van der Waals surface area (Å²) in [7, 11) is 0. The van der Waals surface area contributed by atoms with E-state index in [1.165, 1.54) is 12.1 Å². The van der Waals surface area contributed by atoms with Crippen molar-refractivity contribution in [2.24, 2.45) is 0 Å². The van der Waals surface area contributed by atoms with Crippen LogP contribution in [0.1, 0.15) is 38.7 Å². The van der Waals surface area contributed by atoms with E-state index < -0.39 is 0 Å². The lowest BCUT2D eigenvalue weighted by Crippen LogP contribution is -2.00. The Morgan fingerprint density at radius 3 is 2.81 bits per heavy atom. The van der Waals surface area contributed by atoms with Crippen LogP contribution in [0.25, 0.3) is 0 Å². The highest BCUT2D eigenvalue weighted by atomic mass is 19.1. The molecule has 0 saturated heterocycles. The fraction of sp³-hybridized carbons (Fsp3) is 0.429. The molecule has 1 unspecified atom stereocenters. The molecule has 0 aliphatic carbocycles. The first-order valence-electron chi connectivity index (χ1n) is 5.50. The second-order valence-electron chi connectivity index (χ2n) is 3.65. The number of hydrogen-bond acceptors (Lipinski definition) is 1. The monoisotopic (exact) mass is 220 g/mol. The molecule has 1 rings (SSSR count). The van der Waals surface area contributed by atoms with Crippen LogP contribution in [0.2, 0.25) is 0 Å². The van der Waals surface area contributed by atoms with Gasteiger partial charge in [-0.25, -0.2) is 4.39 Å². The van der Waals surface area contributed by atoms with Gasteiger partial charge >= 0.3 is 0 Å². The molecule has 2 heteroatoms. The zero-order valence-electron chi connectivity index (χ0n) is 10.0. The third-order valence-corrected chi connectivity index (χ3v) is 2.39. The van der Waals surface area contributed by atoms with Crippen molar-refractivity contribution < 1.29 is 9.13 Å². The highest BCUT2D eigenvalue weighted by Gasteiger charge is 2.11. The van der Waals surface area contributed by atoms with Crippen LogP contribution in [0.3, 0.4) is 0 Å². The van der Waals surface area contributed by atoms with Gasteiger partial charge in [-0.1, -0.05) is 6.92 Å². The van der Waals surface area contributed by atoms with Crippen molar-refractivity contribution in [1.29, 1.82) is 0 Å². The molecule has 1 aromatic rings. The maximum absolute atomic E-state index is 13.2. The minimum Gasteiger partial charge on any atom is -0.494 e. The van der Waals surface area contributed by atoms with Crippen LogP contribution in [0.15, 0.2) is 18.2 Å². The summed E-state index contributed by atoms with van der Waals surface area (Å²) in [5.74, 6) is 6.57. The quantitative estimate of drug-likeness (QED) is 0.702. The second kappa shape index (κ2) is 6.17. The predicted molar refractivity (Wildman–Crippen MR) is 64.1 cm³/mol. The molecule has 86 valence electrons. The van der Waals surface area contributed by atoms with Gasteiger partial charge in [-0.3, -0.25) is 0 Å². The van der Waals surface area contributed by atoms with E-state index in [2.05, 4.69) is 11.8 Å². The van der Waals surface area contributed by atoms with Crippen LogP contribution in [0.4, 0.5) is 4.39 Å². The number of hydrogen-bond donors (Lipinski definition) is 0. The highest BCUT2D eigenvalue weighted by Crippen LogP contribution is 2.29. The van der Waals surface area contributed by atoms with Crippen molar-refractivity contribution in [3.63, 3.8) is 0 Å². The van der Waals surface area contributed by atoms with Gasteiger partial charge in [0, 0.05) is 12.0 Å². The number of benzene rings is 1. The minimum absolute atomic E-state index is 0.185. The van der Waals surface area contributed by atoms with E-state index in [-0.39, 0.29) is 11.7 Å². The Balaban J connectivity index is 2.96. The van der Waals surface area contributed by atoms with E-state index in [1.807, 2.05) is 20.8 Å². The Hall–Kier alpha value is -1.49. The fourth-order valence-corrected chi connectivity index (χ4v) is 1.56. The minimum atomic E-state index is -0.227. The summed E-state index contributed by atoms with van der Waals surface area (Å²) >= 11 is 0. The smallest absolute Gasteiger partial charge is 0.123 e. The third-order valence-electron chi connectivity index (χ3n) is 2.39. The van der Waals surface area contributed by atoms with Crippen LogP contribution in [0.5, 0.6) is 5.75 Å². The highest BCUT2D eigenvalue weighted by molar-refractivity contribution is 5.37. The molecule has 1 aromatic carbocycles. The molecule has 0 aliphatic heterocycles. The molecule has 0 radical (unpaired) electrons. The molecule has 0 heterocycles. The van der Waals surface area contributed by atoms with Gasteiger partial charge in [0.2, 0.25) is 0 Å². The van der Waals surface area contributed by atoms with Crippen LogP contribution >= 0.6 is 0 Å². The summed E-state index contributed by atoms with van der Waals surface area (Å²) in [6, 6.07) is 4.64. The van der Waals surface area contributed by atoms with Crippen molar-refractivity contribution in [2.45, 2.75) is 33.1 Å². The van der Waals surface area contributed by atoms with Crippen molar-refractivity contribution in [3.8, 4) is 17.6 Å². The lowest BCUT2D eigenvalue weighted by atomic mass is 9.97. The number of rotatable bonds is 4.